The van der Waals surface area contributed by atoms with Crippen LogP contribution in [0.25, 0.3) is 16.5 Å². The SMILES string of the molecule is CCN(C(=O)c1cn(-c2ccc(OC)cc2)c(=O)c2ccccc12)c1cccc(Cl)c1. The van der Waals surface area contributed by atoms with E-state index in [0.29, 0.717) is 45.0 Å². The highest BCUT2D eigenvalue weighted by Gasteiger charge is 2.21. The van der Waals surface area contributed by atoms with E-state index in [-0.39, 0.29) is 11.5 Å². The van der Waals surface area contributed by atoms with Crippen molar-refractivity contribution in [2.24, 2.45) is 0 Å². The second-order valence-electron chi connectivity index (χ2n) is 6.99. The van der Waals surface area contributed by atoms with Crippen LogP contribution in [-0.4, -0.2) is 24.1 Å². The summed E-state index contributed by atoms with van der Waals surface area (Å²) in [6.07, 6.45) is 1.61. The van der Waals surface area contributed by atoms with Gasteiger partial charge in [0.15, 0.2) is 0 Å². The van der Waals surface area contributed by atoms with Gasteiger partial charge in [0, 0.05) is 39.9 Å². The van der Waals surface area contributed by atoms with Crippen LogP contribution in [0, 0.1) is 0 Å². The molecule has 0 saturated carbocycles. The molecule has 0 aliphatic rings. The number of carbonyl (C=O) groups excluding carboxylic acids is 1. The fraction of sp³-hybridized carbons (Fsp3) is 0.120. The summed E-state index contributed by atoms with van der Waals surface area (Å²) in [5, 5.41) is 1.64. The number of benzene rings is 3. The first-order chi connectivity index (χ1) is 15.0. The van der Waals surface area contributed by atoms with Crippen LogP contribution in [0.2, 0.25) is 5.02 Å². The van der Waals surface area contributed by atoms with Gasteiger partial charge in [-0.05, 0) is 55.5 Å². The van der Waals surface area contributed by atoms with Gasteiger partial charge < -0.3 is 9.64 Å². The van der Waals surface area contributed by atoms with E-state index in [1.54, 1.807) is 72.8 Å². The summed E-state index contributed by atoms with van der Waals surface area (Å²) in [5.41, 5.74) is 1.60. The molecular formula is C25H21ClN2O3. The van der Waals surface area contributed by atoms with Gasteiger partial charge in [0.25, 0.3) is 11.5 Å². The molecule has 0 N–H and O–H groups in total. The number of methoxy groups -OCH3 is 1. The van der Waals surface area contributed by atoms with Crippen molar-refractivity contribution in [2.45, 2.75) is 6.92 Å². The smallest absolute Gasteiger partial charge is 0.262 e. The molecular weight excluding hydrogens is 412 g/mol. The van der Waals surface area contributed by atoms with Gasteiger partial charge in [0.2, 0.25) is 0 Å². The van der Waals surface area contributed by atoms with Gasteiger partial charge in [-0.1, -0.05) is 35.9 Å². The summed E-state index contributed by atoms with van der Waals surface area (Å²) in [4.78, 5) is 28.5. The molecule has 1 amide bonds. The quantitative estimate of drug-likeness (QED) is 0.429. The third-order valence-corrected chi connectivity index (χ3v) is 5.42. The Kier molecular flexibility index (Phi) is 5.78. The third-order valence-electron chi connectivity index (χ3n) is 5.19. The molecule has 156 valence electrons. The first kappa shape index (κ1) is 20.7. The zero-order chi connectivity index (χ0) is 22.0. The van der Waals surface area contributed by atoms with Crippen LogP contribution in [0.4, 0.5) is 5.69 Å². The Hall–Kier alpha value is -3.57. The summed E-state index contributed by atoms with van der Waals surface area (Å²) in [6.45, 7) is 2.36. The van der Waals surface area contributed by atoms with E-state index in [0.717, 1.165) is 0 Å². The minimum Gasteiger partial charge on any atom is -0.497 e. The van der Waals surface area contributed by atoms with Crippen molar-refractivity contribution in [3.63, 3.8) is 0 Å². The first-order valence-electron chi connectivity index (χ1n) is 9.89. The normalized spacial score (nSPS) is 10.8. The van der Waals surface area contributed by atoms with Crippen LogP contribution >= 0.6 is 11.6 Å². The molecule has 0 atom stereocenters. The molecule has 0 aliphatic heterocycles. The minimum absolute atomic E-state index is 0.192. The Morgan fingerprint density at radius 3 is 2.35 bits per heavy atom. The zero-order valence-corrected chi connectivity index (χ0v) is 18.0. The predicted molar refractivity (Wildman–Crippen MR) is 125 cm³/mol. The highest BCUT2D eigenvalue weighted by atomic mass is 35.5. The highest BCUT2D eigenvalue weighted by Crippen LogP contribution is 2.25. The number of rotatable bonds is 5. The van der Waals surface area contributed by atoms with Gasteiger partial charge in [-0.2, -0.15) is 0 Å². The van der Waals surface area contributed by atoms with Crippen molar-refractivity contribution >= 4 is 34.0 Å². The van der Waals surface area contributed by atoms with Crippen LogP contribution in [0.1, 0.15) is 17.3 Å². The summed E-state index contributed by atoms with van der Waals surface area (Å²) >= 11 is 6.15. The molecule has 6 heteroatoms. The van der Waals surface area contributed by atoms with Crippen molar-refractivity contribution in [3.05, 3.63) is 99.9 Å². The molecule has 0 saturated heterocycles. The highest BCUT2D eigenvalue weighted by molar-refractivity contribution is 6.31. The van der Waals surface area contributed by atoms with E-state index in [2.05, 4.69) is 0 Å². The van der Waals surface area contributed by atoms with Crippen molar-refractivity contribution in [2.75, 3.05) is 18.6 Å². The number of nitrogens with zero attached hydrogens (tertiary/aromatic N) is 2. The molecule has 0 radical (unpaired) electrons. The van der Waals surface area contributed by atoms with Crippen molar-refractivity contribution in [1.82, 2.24) is 4.57 Å². The minimum atomic E-state index is -0.205. The lowest BCUT2D eigenvalue weighted by molar-refractivity contribution is 0.0989. The molecule has 5 nitrogen and oxygen atoms in total. The first-order valence-corrected chi connectivity index (χ1v) is 10.3. The predicted octanol–water partition coefficient (Wildman–Crippen LogP) is 5.32. The number of ether oxygens (including phenoxy) is 1. The molecule has 1 aromatic heterocycles. The van der Waals surface area contributed by atoms with Gasteiger partial charge in [-0.15, -0.1) is 0 Å². The Bertz CT molecular complexity index is 1310. The number of fused-ring (bicyclic) bond motifs is 1. The number of aromatic nitrogens is 1. The molecule has 0 bridgehead atoms. The second-order valence-corrected chi connectivity index (χ2v) is 7.43. The zero-order valence-electron chi connectivity index (χ0n) is 17.2. The molecule has 0 unspecified atom stereocenters. The van der Waals surface area contributed by atoms with Crippen molar-refractivity contribution in [3.8, 4) is 11.4 Å². The fourth-order valence-electron chi connectivity index (χ4n) is 3.63. The Labute approximate surface area is 185 Å². The fourth-order valence-corrected chi connectivity index (χ4v) is 3.81. The Balaban J connectivity index is 1.91. The maximum Gasteiger partial charge on any atom is 0.262 e. The van der Waals surface area contributed by atoms with Gasteiger partial charge in [0.1, 0.15) is 5.75 Å². The van der Waals surface area contributed by atoms with E-state index >= 15 is 0 Å². The number of anilines is 1. The Morgan fingerprint density at radius 1 is 1.00 bits per heavy atom. The molecule has 0 spiro atoms. The standard InChI is InChI=1S/C25H21ClN2O3/c1-3-27(19-8-6-7-17(26)15-19)25(30)23-16-28(18-11-13-20(31-2)14-12-18)24(29)22-10-5-4-9-21(22)23/h4-16H,3H2,1-2H3. The average Bonchev–Trinajstić information content (AvgIpc) is 2.80. The number of hydrogen-bond acceptors (Lipinski definition) is 3. The topological polar surface area (TPSA) is 51.5 Å². The summed E-state index contributed by atoms with van der Waals surface area (Å²) in [6, 6.07) is 21.5. The number of hydrogen-bond donors (Lipinski definition) is 0. The van der Waals surface area contributed by atoms with Crippen molar-refractivity contribution in [1.29, 1.82) is 0 Å². The summed E-state index contributed by atoms with van der Waals surface area (Å²) in [7, 11) is 1.59. The molecule has 0 fully saturated rings. The lowest BCUT2D eigenvalue weighted by Gasteiger charge is -2.23. The van der Waals surface area contributed by atoms with Gasteiger partial charge in [-0.25, -0.2) is 0 Å². The largest absolute Gasteiger partial charge is 0.497 e. The summed E-state index contributed by atoms with van der Waals surface area (Å²) in [5.74, 6) is 0.482. The Morgan fingerprint density at radius 2 is 1.71 bits per heavy atom. The monoisotopic (exact) mass is 432 g/mol. The van der Waals surface area contributed by atoms with Crippen LogP contribution in [0.15, 0.2) is 83.8 Å². The number of amides is 1. The van der Waals surface area contributed by atoms with E-state index in [9.17, 15) is 9.59 Å². The molecule has 31 heavy (non-hydrogen) atoms. The van der Waals surface area contributed by atoms with Crippen LogP contribution in [0.5, 0.6) is 5.75 Å². The second kappa shape index (κ2) is 8.66. The van der Waals surface area contributed by atoms with E-state index in [1.807, 2.05) is 25.1 Å². The summed E-state index contributed by atoms with van der Waals surface area (Å²) < 4.78 is 6.71. The van der Waals surface area contributed by atoms with Crippen LogP contribution in [0.3, 0.4) is 0 Å². The number of halogens is 1. The lowest BCUT2D eigenvalue weighted by Crippen LogP contribution is -2.32. The van der Waals surface area contributed by atoms with E-state index in [4.69, 9.17) is 16.3 Å². The third kappa shape index (κ3) is 3.92. The van der Waals surface area contributed by atoms with Crippen LogP contribution < -0.4 is 15.2 Å². The van der Waals surface area contributed by atoms with E-state index < -0.39 is 0 Å². The average molecular weight is 433 g/mol. The van der Waals surface area contributed by atoms with E-state index in [1.165, 1.54) is 4.57 Å². The van der Waals surface area contributed by atoms with Crippen molar-refractivity contribution < 1.29 is 9.53 Å². The van der Waals surface area contributed by atoms with Gasteiger partial charge >= 0.3 is 0 Å². The number of carbonyl (C=O) groups is 1. The maximum absolute atomic E-state index is 13.6. The van der Waals surface area contributed by atoms with Gasteiger partial charge in [0.05, 0.1) is 12.7 Å². The number of pyridine rings is 1. The molecule has 4 aromatic rings. The van der Waals surface area contributed by atoms with Gasteiger partial charge in [-0.3, -0.25) is 14.2 Å². The molecule has 4 rings (SSSR count). The maximum atomic E-state index is 13.6. The van der Waals surface area contributed by atoms with Crippen LogP contribution in [-0.2, 0) is 0 Å². The molecule has 1 heterocycles. The molecule has 3 aromatic carbocycles. The molecule has 0 aliphatic carbocycles. The lowest BCUT2D eigenvalue weighted by atomic mass is 10.1.